The van der Waals surface area contributed by atoms with Crippen molar-refractivity contribution in [2.75, 3.05) is 32.7 Å². The molecule has 0 atom stereocenters. The quantitative estimate of drug-likeness (QED) is 0.831. The van der Waals surface area contributed by atoms with Crippen molar-refractivity contribution >= 4 is 5.91 Å². The summed E-state index contributed by atoms with van der Waals surface area (Å²) in [6.07, 6.45) is 2.34. The van der Waals surface area contributed by atoms with E-state index >= 15 is 0 Å². The third-order valence-corrected chi connectivity index (χ3v) is 4.28. The number of benzene rings is 1. The summed E-state index contributed by atoms with van der Waals surface area (Å²) in [5, 5.41) is 0. The fraction of sp³-hybridized carbons (Fsp3) is 0.632. The highest BCUT2D eigenvalue weighted by Gasteiger charge is 2.24. The number of hydrogen-bond donors (Lipinski definition) is 0. The van der Waals surface area contributed by atoms with Crippen molar-refractivity contribution in [1.82, 2.24) is 9.80 Å². The van der Waals surface area contributed by atoms with Gasteiger partial charge in [-0.2, -0.15) is 0 Å². The Hall–Kier alpha value is -1.42. The number of piperazine rings is 1. The van der Waals surface area contributed by atoms with Crippen molar-refractivity contribution in [1.29, 1.82) is 0 Å². The van der Waals surface area contributed by atoms with Gasteiger partial charge in [0.25, 0.3) is 0 Å². The van der Waals surface area contributed by atoms with Gasteiger partial charge in [0, 0.05) is 32.6 Å². The lowest BCUT2D eigenvalue weighted by Gasteiger charge is -2.36. The van der Waals surface area contributed by atoms with Crippen LogP contribution in [0, 0.1) is 11.2 Å². The third-order valence-electron chi connectivity index (χ3n) is 4.28. The van der Waals surface area contributed by atoms with E-state index in [0.717, 1.165) is 51.1 Å². The molecule has 0 radical (unpaired) electrons. The molecule has 0 bridgehead atoms. The van der Waals surface area contributed by atoms with E-state index in [1.165, 1.54) is 6.07 Å². The predicted octanol–water partition coefficient (Wildman–Crippen LogP) is 3.34. The van der Waals surface area contributed by atoms with Gasteiger partial charge in [-0.25, -0.2) is 4.39 Å². The highest BCUT2D eigenvalue weighted by atomic mass is 19.1. The molecule has 0 aromatic heterocycles. The molecule has 1 saturated heterocycles. The van der Waals surface area contributed by atoms with Gasteiger partial charge in [0.15, 0.2) is 0 Å². The lowest BCUT2D eigenvalue weighted by Crippen LogP contribution is -2.49. The van der Waals surface area contributed by atoms with Gasteiger partial charge in [-0.1, -0.05) is 39.0 Å². The smallest absolute Gasteiger partial charge is 0.223 e. The topological polar surface area (TPSA) is 23.6 Å². The van der Waals surface area contributed by atoms with Crippen molar-refractivity contribution in [2.45, 2.75) is 40.0 Å². The fourth-order valence-electron chi connectivity index (χ4n) is 2.98. The largest absolute Gasteiger partial charge is 0.340 e. The highest BCUT2D eigenvalue weighted by molar-refractivity contribution is 5.76. The molecule has 1 heterocycles. The minimum Gasteiger partial charge on any atom is -0.340 e. The summed E-state index contributed by atoms with van der Waals surface area (Å²) in [5.41, 5.74) is 0.847. The Balaban J connectivity index is 1.69. The van der Waals surface area contributed by atoms with Crippen LogP contribution in [0.3, 0.4) is 0 Å². The zero-order valence-corrected chi connectivity index (χ0v) is 14.6. The zero-order valence-electron chi connectivity index (χ0n) is 14.6. The highest BCUT2D eigenvalue weighted by Crippen LogP contribution is 2.20. The maximum absolute atomic E-state index is 13.6. The molecular weight excluding hydrogens is 291 g/mol. The van der Waals surface area contributed by atoms with Crippen LogP contribution in [0.2, 0.25) is 0 Å². The van der Waals surface area contributed by atoms with E-state index in [-0.39, 0.29) is 17.1 Å². The van der Waals surface area contributed by atoms with Crippen LogP contribution in [0.25, 0.3) is 0 Å². The fourth-order valence-corrected chi connectivity index (χ4v) is 2.98. The molecule has 1 aliphatic heterocycles. The van der Waals surface area contributed by atoms with Crippen LogP contribution in [0.15, 0.2) is 24.3 Å². The molecule has 2 rings (SSSR count). The molecule has 0 aliphatic carbocycles. The first-order valence-electron chi connectivity index (χ1n) is 8.59. The van der Waals surface area contributed by atoms with Gasteiger partial charge in [-0.05, 0) is 36.4 Å². The van der Waals surface area contributed by atoms with E-state index in [0.29, 0.717) is 6.42 Å². The van der Waals surface area contributed by atoms with Crippen LogP contribution in [0.1, 0.15) is 39.2 Å². The van der Waals surface area contributed by atoms with Gasteiger partial charge in [0.05, 0.1) is 0 Å². The van der Waals surface area contributed by atoms with Crippen LogP contribution in [0.4, 0.5) is 4.39 Å². The summed E-state index contributed by atoms with van der Waals surface area (Å²) < 4.78 is 13.6. The molecule has 3 nitrogen and oxygen atoms in total. The molecule has 1 aliphatic rings. The lowest BCUT2D eigenvalue weighted by atomic mass is 9.91. The second-order valence-corrected chi connectivity index (χ2v) is 7.65. The third kappa shape index (κ3) is 5.94. The maximum atomic E-state index is 13.6. The number of nitrogens with zero attached hydrogens (tertiary/aromatic N) is 2. The predicted molar refractivity (Wildman–Crippen MR) is 91.8 cm³/mol. The van der Waals surface area contributed by atoms with Gasteiger partial charge < -0.3 is 4.90 Å². The van der Waals surface area contributed by atoms with E-state index in [9.17, 15) is 9.18 Å². The molecule has 23 heavy (non-hydrogen) atoms. The van der Waals surface area contributed by atoms with E-state index in [1.54, 1.807) is 6.07 Å². The number of halogens is 1. The average molecular weight is 320 g/mol. The molecule has 4 heteroatoms. The van der Waals surface area contributed by atoms with Gasteiger partial charge in [-0.3, -0.25) is 9.69 Å². The number of hydrogen-bond acceptors (Lipinski definition) is 2. The normalized spacial score (nSPS) is 16.6. The van der Waals surface area contributed by atoms with Gasteiger partial charge in [0.2, 0.25) is 5.91 Å². The summed E-state index contributed by atoms with van der Waals surface area (Å²) in [6, 6.07) is 7.00. The number of amides is 1. The SMILES string of the molecule is CC(C)(C)CC(=O)N1CCN(CCCc2ccccc2F)CC1. The summed E-state index contributed by atoms with van der Waals surface area (Å²) in [6.45, 7) is 10.7. The van der Waals surface area contributed by atoms with Crippen molar-refractivity contribution in [3.05, 3.63) is 35.6 Å². The van der Waals surface area contributed by atoms with Crippen molar-refractivity contribution in [3.63, 3.8) is 0 Å². The minimum atomic E-state index is -0.106. The molecule has 128 valence electrons. The second-order valence-electron chi connectivity index (χ2n) is 7.65. The van der Waals surface area contributed by atoms with E-state index in [1.807, 2.05) is 17.0 Å². The Morgan fingerprint density at radius 1 is 1.13 bits per heavy atom. The van der Waals surface area contributed by atoms with Crippen molar-refractivity contribution in [3.8, 4) is 0 Å². The van der Waals surface area contributed by atoms with Gasteiger partial charge in [-0.15, -0.1) is 0 Å². The molecule has 1 amide bonds. The monoisotopic (exact) mass is 320 g/mol. The first kappa shape index (κ1) is 17.9. The van der Waals surface area contributed by atoms with Gasteiger partial charge >= 0.3 is 0 Å². The molecule has 1 aromatic rings. The van der Waals surface area contributed by atoms with E-state index in [2.05, 4.69) is 25.7 Å². The first-order valence-corrected chi connectivity index (χ1v) is 8.59. The van der Waals surface area contributed by atoms with Crippen molar-refractivity contribution in [2.24, 2.45) is 5.41 Å². The maximum Gasteiger partial charge on any atom is 0.223 e. The Kier molecular flexibility index (Phi) is 6.17. The molecule has 0 spiro atoms. The summed E-state index contributed by atoms with van der Waals surface area (Å²) >= 11 is 0. The number of aryl methyl sites for hydroxylation is 1. The van der Waals surface area contributed by atoms with Crippen LogP contribution >= 0.6 is 0 Å². The Morgan fingerprint density at radius 3 is 2.39 bits per heavy atom. The van der Waals surface area contributed by atoms with Crippen molar-refractivity contribution < 1.29 is 9.18 Å². The zero-order chi connectivity index (χ0) is 16.9. The summed E-state index contributed by atoms with van der Waals surface area (Å²) in [5.74, 6) is 0.161. The van der Waals surface area contributed by atoms with Crippen LogP contribution < -0.4 is 0 Å². The molecule has 0 N–H and O–H groups in total. The Morgan fingerprint density at radius 2 is 1.78 bits per heavy atom. The molecule has 1 aromatic carbocycles. The Bertz CT molecular complexity index is 516. The lowest BCUT2D eigenvalue weighted by molar-refractivity contribution is -0.134. The molecule has 0 saturated carbocycles. The molecular formula is C19H29FN2O. The second kappa shape index (κ2) is 7.91. The summed E-state index contributed by atoms with van der Waals surface area (Å²) in [7, 11) is 0. The summed E-state index contributed by atoms with van der Waals surface area (Å²) in [4.78, 5) is 16.6. The minimum absolute atomic E-state index is 0.0496. The molecule has 1 fully saturated rings. The van der Waals surface area contributed by atoms with Crippen LogP contribution in [-0.4, -0.2) is 48.4 Å². The van der Waals surface area contributed by atoms with E-state index < -0.39 is 0 Å². The van der Waals surface area contributed by atoms with Gasteiger partial charge in [0.1, 0.15) is 5.82 Å². The van der Waals surface area contributed by atoms with Crippen LogP contribution in [-0.2, 0) is 11.2 Å². The number of carbonyl (C=O) groups excluding carboxylic acids is 1. The van der Waals surface area contributed by atoms with E-state index in [4.69, 9.17) is 0 Å². The number of carbonyl (C=O) groups is 1. The Labute approximate surface area is 139 Å². The first-order chi connectivity index (χ1) is 10.8. The average Bonchev–Trinajstić information content (AvgIpc) is 2.48. The standard InChI is InChI=1S/C19H29FN2O/c1-19(2,3)15-18(23)22-13-11-21(12-14-22)10-6-8-16-7-4-5-9-17(16)20/h4-5,7,9H,6,8,10-15H2,1-3H3. The molecule has 0 unspecified atom stereocenters. The van der Waals surface area contributed by atoms with Crippen LogP contribution in [0.5, 0.6) is 0 Å². The number of rotatable bonds is 5.